The van der Waals surface area contributed by atoms with E-state index in [-0.39, 0.29) is 6.09 Å². The highest BCUT2D eigenvalue weighted by atomic mass is 32.1. The third kappa shape index (κ3) is 5.90. The van der Waals surface area contributed by atoms with Crippen molar-refractivity contribution in [1.82, 2.24) is 20.1 Å². The van der Waals surface area contributed by atoms with Gasteiger partial charge in [0.25, 0.3) is 0 Å². The molecule has 0 unspecified atom stereocenters. The summed E-state index contributed by atoms with van der Waals surface area (Å²) in [6.07, 6.45) is -0.200. The van der Waals surface area contributed by atoms with Gasteiger partial charge in [0, 0.05) is 51.2 Å². The molecule has 1 aromatic rings. The summed E-state index contributed by atoms with van der Waals surface area (Å²) < 4.78 is 5.40. The molecule has 124 valence electrons. The van der Waals surface area contributed by atoms with Gasteiger partial charge >= 0.3 is 6.09 Å². The van der Waals surface area contributed by atoms with Crippen LogP contribution in [0.4, 0.5) is 4.79 Å². The van der Waals surface area contributed by atoms with Crippen molar-refractivity contribution < 1.29 is 9.53 Å². The fourth-order valence-electron chi connectivity index (χ4n) is 2.26. The van der Waals surface area contributed by atoms with Crippen molar-refractivity contribution in [1.29, 1.82) is 0 Å². The van der Waals surface area contributed by atoms with E-state index in [1.807, 2.05) is 26.3 Å². The van der Waals surface area contributed by atoms with Gasteiger partial charge in [-0.1, -0.05) is 0 Å². The van der Waals surface area contributed by atoms with Gasteiger partial charge in [-0.25, -0.2) is 9.78 Å². The van der Waals surface area contributed by atoms with Gasteiger partial charge in [0.15, 0.2) is 0 Å². The molecule has 2 heterocycles. The molecule has 2 rings (SSSR count). The Hall–Kier alpha value is -1.18. The minimum atomic E-state index is -0.423. The lowest BCUT2D eigenvalue weighted by molar-refractivity contribution is 0.0146. The number of amides is 1. The first kappa shape index (κ1) is 17.2. The fourth-order valence-corrected chi connectivity index (χ4v) is 2.82. The van der Waals surface area contributed by atoms with Crippen LogP contribution in [-0.4, -0.2) is 65.7 Å². The van der Waals surface area contributed by atoms with Gasteiger partial charge in [0.2, 0.25) is 0 Å². The van der Waals surface area contributed by atoms with Crippen molar-refractivity contribution in [2.75, 3.05) is 39.3 Å². The quantitative estimate of drug-likeness (QED) is 0.836. The lowest BCUT2D eigenvalue weighted by Crippen LogP contribution is -2.51. The van der Waals surface area contributed by atoms with E-state index in [4.69, 9.17) is 4.74 Å². The molecular formula is C15H26N4O2S. The highest BCUT2D eigenvalue weighted by molar-refractivity contribution is 7.07. The molecule has 0 saturated carbocycles. The molecule has 1 aliphatic heterocycles. The van der Waals surface area contributed by atoms with Crippen LogP contribution >= 0.6 is 11.3 Å². The smallest absolute Gasteiger partial charge is 0.410 e. The van der Waals surface area contributed by atoms with Gasteiger partial charge in [-0.3, -0.25) is 4.90 Å². The Labute approximate surface area is 136 Å². The number of hydrogen-bond donors (Lipinski definition) is 1. The molecule has 7 heteroatoms. The molecular weight excluding hydrogens is 300 g/mol. The average molecular weight is 326 g/mol. The summed E-state index contributed by atoms with van der Waals surface area (Å²) in [6, 6.07) is 0. The van der Waals surface area contributed by atoms with Crippen LogP contribution < -0.4 is 5.32 Å². The number of thiazole rings is 1. The third-order valence-electron chi connectivity index (χ3n) is 3.42. The van der Waals surface area contributed by atoms with Crippen LogP contribution in [0.2, 0.25) is 0 Å². The minimum Gasteiger partial charge on any atom is -0.444 e. The molecule has 0 aromatic carbocycles. The molecule has 0 bridgehead atoms. The Morgan fingerprint density at radius 1 is 1.36 bits per heavy atom. The first-order chi connectivity index (χ1) is 10.4. The van der Waals surface area contributed by atoms with Crippen molar-refractivity contribution in [3.63, 3.8) is 0 Å². The van der Waals surface area contributed by atoms with Gasteiger partial charge in [-0.2, -0.15) is 0 Å². The van der Waals surface area contributed by atoms with Crippen LogP contribution in [0, 0.1) is 0 Å². The summed E-state index contributed by atoms with van der Waals surface area (Å²) in [7, 11) is 0. The van der Waals surface area contributed by atoms with E-state index >= 15 is 0 Å². The molecule has 1 amide bonds. The second-order valence-electron chi connectivity index (χ2n) is 6.47. The van der Waals surface area contributed by atoms with Crippen molar-refractivity contribution in [2.45, 2.75) is 32.9 Å². The van der Waals surface area contributed by atoms with Crippen molar-refractivity contribution in [3.8, 4) is 0 Å². The molecule has 1 saturated heterocycles. The molecule has 0 spiro atoms. The Bertz CT molecular complexity index is 451. The topological polar surface area (TPSA) is 57.7 Å². The Balaban J connectivity index is 1.59. The van der Waals surface area contributed by atoms with Gasteiger partial charge in [0.1, 0.15) is 5.60 Å². The average Bonchev–Trinajstić information content (AvgIpc) is 2.95. The number of carbonyl (C=O) groups excluding carboxylic acids is 1. The van der Waals surface area contributed by atoms with Gasteiger partial charge in [-0.05, 0) is 20.8 Å². The monoisotopic (exact) mass is 326 g/mol. The second kappa shape index (κ2) is 7.89. The van der Waals surface area contributed by atoms with Crippen LogP contribution in [0.5, 0.6) is 0 Å². The Morgan fingerprint density at radius 3 is 2.68 bits per heavy atom. The van der Waals surface area contributed by atoms with E-state index in [0.29, 0.717) is 0 Å². The molecule has 0 radical (unpaired) electrons. The van der Waals surface area contributed by atoms with Crippen molar-refractivity contribution in [2.24, 2.45) is 0 Å². The number of piperazine rings is 1. The van der Waals surface area contributed by atoms with Gasteiger partial charge < -0.3 is 15.0 Å². The van der Waals surface area contributed by atoms with Crippen LogP contribution in [0.3, 0.4) is 0 Å². The summed E-state index contributed by atoms with van der Waals surface area (Å²) in [4.78, 5) is 20.4. The summed E-state index contributed by atoms with van der Waals surface area (Å²) >= 11 is 1.62. The zero-order chi connectivity index (χ0) is 16.0. The highest BCUT2D eigenvalue weighted by Crippen LogP contribution is 2.11. The molecule has 0 aliphatic carbocycles. The predicted octanol–water partition coefficient (Wildman–Crippen LogP) is 1.79. The molecule has 0 atom stereocenters. The molecule has 1 aliphatic rings. The van der Waals surface area contributed by atoms with E-state index in [2.05, 4.69) is 20.6 Å². The number of aromatic nitrogens is 1. The Kier molecular flexibility index (Phi) is 6.16. The Morgan fingerprint density at radius 2 is 2.09 bits per heavy atom. The fraction of sp³-hybridized carbons (Fsp3) is 0.733. The lowest BCUT2D eigenvalue weighted by atomic mass is 10.2. The summed E-state index contributed by atoms with van der Waals surface area (Å²) in [6.45, 7) is 11.7. The molecule has 6 nitrogen and oxygen atoms in total. The SMILES string of the molecule is CC(C)(C)OC(=O)N1CCN(CCNCc2cscn2)CC1. The highest BCUT2D eigenvalue weighted by Gasteiger charge is 2.25. The number of rotatable bonds is 5. The largest absolute Gasteiger partial charge is 0.444 e. The number of hydrogen-bond acceptors (Lipinski definition) is 6. The normalized spacial score (nSPS) is 16.8. The van der Waals surface area contributed by atoms with Crippen LogP contribution in [-0.2, 0) is 11.3 Å². The second-order valence-corrected chi connectivity index (χ2v) is 7.18. The van der Waals surface area contributed by atoms with E-state index < -0.39 is 5.60 Å². The molecule has 1 N–H and O–H groups in total. The summed E-state index contributed by atoms with van der Waals surface area (Å²) in [5.74, 6) is 0. The predicted molar refractivity (Wildman–Crippen MR) is 88.1 cm³/mol. The van der Waals surface area contributed by atoms with Crippen LogP contribution in [0.25, 0.3) is 0 Å². The number of carbonyl (C=O) groups is 1. The molecule has 22 heavy (non-hydrogen) atoms. The van der Waals surface area contributed by atoms with Gasteiger partial charge in [-0.15, -0.1) is 11.3 Å². The summed E-state index contributed by atoms with van der Waals surface area (Å²) in [5.41, 5.74) is 2.53. The van der Waals surface area contributed by atoms with E-state index in [9.17, 15) is 4.79 Å². The maximum atomic E-state index is 12.0. The number of ether oxygens (including phenoxy) is 1. The lowest BCUT2D eigenvalue weighted by Gasteiger charge is -2.35. The summed E-state index contributed by atoms with van der Waals surface area (Å²) in [5, 5.41) is 5.46. The maximum absolute atomic E-state index is 12.0. The van der Waals surface area contributed by atoms with E-state index in [0.717, 1.165) is 51.5 Å². The first-order valence-electron chi connectivity index (χ1n) is 7.72. The van der Waals surface area contributed by atoms with E-state index in [1.165, 1.54) is 0 Å². The molecule has 1 aromatic heterocycles. The molecule has 1 fully saturated rings. The standard InChI is InChI=1S/C15H26N4O2S/c1-15(2,3)21-14(20)19-8-6-18(7-9-19)5-4-16-10-13-11-22-12-17-13/h11-12,16H,4-10H2,1-3H3. The van der Waals surface area contributed by atoms with Crippen LogP contribution in [0.1, 0.15) is 26.5 Å². The maximum Gasteiger partial charge on any atom is 0.410 e. The number of nitrogens with one attached hydrogen (secondary N) is 1. The van der Waals surface area contributed by atoms with Crippen molar-refractivity contribution in [3.05, 3.63) is 16.6 Å². The van der Waals surface area contributed by atoms with Gasteiger partial charge in [0.05, 0.1) is 11.2 Å². The minimum absolute atomic E-state index is 0.200. The van der Waals surface area contributed by atoms with E-state index in [1.54, 1.807) is 16.2 Å². The zero-order valence-electron chi connectivity index (χ0n) is 13.7. The van der Waals surface area contributed by atoms with Crippen molar-refractivity contribution >= 4 is 17.4 Å². The number of nitrogens with zero attached hydrogens (tertiary/aromatic N) is 3. The van der Waals surface area contributed by atoms with Crippen LogP contribution in [0.15, 0.2) is 10.9 Å². The third-order valence-corrected chi connectivity index (χ3v) is 4.05. The zero-order valence-corrected chi connectivity index (χ0v) is 14.5. The first-order valence-corrected chi connectivity index (χ1v) is 8.66.